The van der Waals surface area contributed by atoms with Crippen molar-refractivity contribution in [3.8, 4) is 11.5 Å². The van der Waals surface area contributed by atoms with Gasteiger partial charge < -0.3 is 14.6 Å². The second-order valence-electron chi connectivity index (χ2n) is 5.14. The van der Waals surface area contributed by atoms with Crippen molar-refractivity contribution in [3.05, 3.63) is 23.8 Å². The molecule has 18 heavy (non-hydrogen) atoms. The molecule has 4 nitrogen and oxygen atoms in total. The van der Waals surface area contributed by atoms with Gasteiger partial charge in [-0.1, -0.05) is 0 Å². The minimum atomic E-state index is -0.563. The number of likely N-dealkylation sites (tertiary alicyclic amines) is 1. The molecule has 1 N–H and O–H groups in total. The number of hydrogen-bond acceptors (Lipinski definition) is 4. The molecule has 0 bridgehead atoms. The number of ether oxygens (including phenoxy) is 2. The maximum absolute atomic E-state index is 9.97. The predicted molar refractivity (Wildman–Crippen MR) is 70.1 cm³/mol. The maximum atomic E-state index is 9.97. The number of benzene rings is 1. The average Bonchev–Trinajstić information content (AvgIpc) is 2.68. The molecule has 0 amide bonds. The topological polar surface area (TPSA) is 41.9 Å². The second kappa shape index (κ2) is 5.16. The summed E-state index contributed by atoms with van der Waals surface area (Å²) in [5.74, 6) is 1.69. The molecule has 1 atom stereocenters. The van der Waals surface area contributed by atoms with Crippen LogP contribution in [0.5, 0.6) is 11.5 Å². The van der Waals surface area contributed by atoms with Gasteiger partial charge in [0.15, 0.2) is 0 Å². The SMILES string of the molecule is COc1ccc(OC)c(CN2CCC(C)(O)C2)c1. The van der Waals surface area contributed by atoms with Gasteiger partial charge in [-0.25, -0.2) is 0 Å². The van der Waals surface area contributed by atoms with Crippen molar-refractivity contribution in [2.24, 2.45) is 0 Å². The summed E-state index contributed by atoms with van der Waals surface area (Å²) in [7, 11) is 3.33. The van der Waals surface area contributed by atoms with Gasteiger partial charge in [-0.3, -0.25) is 4.90 Å². The number of nitrogens with zero attached hydrogens (tertiary/aromatic N) is 1. The quantitative estimate of drug-likeness (QED) is 0.883. The first kappa shape index (κ1) is 13.2. The van der Waals surface area contributed by atoms with E-state index < -0.39 is 5.60 Å². The molecule has 1 saturated heterocycles. The Bertz CT molecular complexity index is 418. The van der Waals surface area contributed by atoms with Crippen LogP contribution in [0.4, 0.5) is 0 Å². The van der Waals surface area contributed by atoms with Crippen LogP contribution in [0.25, 0.3) is 0 Å². The molecule has 0 aliphatic carbocycles. The Balaban J connectivity index is 2.12. The summed E-state index contributed by atoms with van der Waals surface area (Å²) in [5, 5.41) is 9.97. The highest BCUT2D eigenvalue weighted by Crippen LogP contribution is 2.28. The molecule has 1 heterocycles. The van der Waals surface area contributed by atoms with Crippen LogP contribution in [0.15, 0.2) is 18.2 Å². The summed E-state index contributed by atoms with van der Waals surface area (Å²) >= 11 is 0. The third-order valence-corrected chi connectivity index (χ3v) is 3.41. The monoisotopic (exact) mass is 251 g/mol. The van der Waals surface area contributed by atoms with Gasteiger partial charge in [-0.2, -0.15) is 0 Å². The van der Waals surface area contributed by atoms with Crippen molar-refractivity contribution >= 4 is 0 Å². The van der Waals surface area contributed by atoms with Gasteiger partial charge in [0.25, 0.3) is 0 Å². The summed E-state index contributed by atoms with van der Waals surface area (Å²) in [6.45, 7) is 4.27. The first-order valence-electron chi connectivity index (χ1n) is 6.20. The Labute approximate surface area is 108 Å². The number of aliphatic hydroxyl groups is 1. The molecule has 1 aromatic rings. The minimum absolute atomic E-state index is 0.563. The molecule has 0 radical (unpaired) electrons. The van der Waals surface area contributed by atoms with Crippen molar-refractivity contribution in [2.45, 2.75) is 25.5 Å². The van der Waals surface area contributed by atoms with E-state index in [1.165, 1.54) is 0 Å². The third-order valence-electron chi connectivity index (χ3n) is 3.41. The summed E-state index contributed by atoms with van der Waals surface area (Å²) in [4.78, 5) is 2.23. The summed E-state index contributed by atoms with van der Waals surface area (Å²) in [6, 6.07) is 5.80. The van der Waals surface area contributed by atoms with Crippen LogP contribution >= 0.6 is 0 Å². The lowest BCUT2D eigenvalue weighted by molar-refractivity contribution is 0.0678. The Morgan fingerprint density at radius 3 is 2.67 bits per heavy atom. The van der Waals surface area contributed by atoms with E-state index >= 15 is 0 Å². The number of hydrogen-bond donors (Lipinski definition) is 1. The van der Waals surface area contributed by atoms with Gasteiger partial charge in [-0.05, 0) is 31.5 Å². The van der Waals surface area contributed by atoms with Crippen LogP contribution in [-0.2, 0) is 6.54 Å². The van der Waals surface area contributed by atoms with Gasteiger partial charge in [0, 0.05) is 25.2 Å². The highest BCUT2D eigenvalue weighted by atomic mass is 16.5. The Morgan fingerprint density at radius 1 is 1.33 bits per heavy atom. The molecule has 1 unspecified atom stereocenters. The fraction of sp³-hybridized carbons (Fsp3) is 0.571. The minimum Gasteiger partial charge on any atom is -0.497 e. The fourth-order valence-electron chi connectivity index (χ4n) is 2.42. The smallest absolute Gasteiger partial charge is 0.123 e. The maximum Gasteiger partial charge on any atom is 0.123 e. The first-order chi connectivity index (χ1) is 8.54. The number of rotatable bonds is 4. The molecule has 4 heteroatoms. The summed E-state index contributed by atoms with van der Waals surface area (Å²) in [5.41, 5.74) is 0.529. The van der Waals surface area contributed by atoms with Crippen molar-refractivity contribution < 1.29 is 14.6 Å². The zero-order valence-corrected chi connectivity index (χ0v) is 11.3. The van der Waals surface area contributed by atoms with E-state index in [1.807, 2.05) is 25.1 Å². The Hall–Kier alpha value is -1.26. The van der Waals surface area contributed by atoms with E-state index in [0.29, 0.717) is 6.54 Å². The van der Waals surface area contributed by atoms with Crippen molar-refractivity contribution in [3.63, 3.8) is 0 Å². The van der Waals surface area contributed by atoms with Gasteiger partial charge in [0.1, 0.15) is 11.5 Å². The lowest BCUT2D eigenvalue weighted by Gasteiger charge is -2.20. The van der Waals surface area contributed by atoms with Crippen molar-refractivity contribution in [1.29, 1.82) is 0 Å². The highest BCUT2D eigenvalue weighted by molar-refractivity contribution is 5.40. The van der Waals surface area contributed by atoms with Crippen LogP contribution in [0.2, 0.25) is 0 Å². The molecule has 100 valence electrons. The van der Waals surface area contributed by atoms with Gasteiger partial charge in [0.2, 0.25) is 0 Å². The van der Waals surface area contributed by atoms with Crippen molar-refractivity contribution in [2.75, 3.05) is 27.3 Å². The lowest BCUT2D eigenvalue weighted by Crippen LogP contribution is -2.29. The van der Waals surface area contributed by atoms with Crippen molar-refractivity contribution in [1.82, 2.24) is 4.90 Å². The molecular formula is C14H21NO3. The van der Waals surface area contributed by atoms with E-state index in [0.717, 1.165) is 36.6 Å². The zero-order chi connectivity index (χ0) is 13.2. The third kappa shape index (κ3) is 2.94. The highest BCUT2D eigenvalue weighted by Gasteiger charge is 2.31. The molecule has 1 aromatic carbocycles. The summed E-state index contributed by atoms with van der Waals surface area (Å²) < 4.78 is 10.6. The molecule has 1 aliphatic rings. The molecule has 0 spiro atoms. The molecule has 1 fully saturated rings. The van der Waals surface area contributed by atoms with Gasteiger partial charge in [0.05, 0.1) is 19.8 Å². The lowest BCUT2D eigenvalue weighted by atomic mass is 10.1. The number of methoxy groups -OCH3 is 2. The molecule has 1 aliphatic heterocycles. The normalized spacial score (nSPS) is 24.2. The van der Waals surface area contributed by atoms with Crippen LogP contribution in [0.3, 0.4) is 0 Å². The van der Waals surface area contributed by atoms with E-state index in [1.54, 1.807) is 14.2 Å². The fourth-order valence-corrected chi connectivity index (χ4v) is 2.42. The van der Waals surface area contributed by atoms with Gasteiger partial charge >= 0.3 is 0 Å². The Morgan fingerprint density at radius 2 is 2.11 bits per heavy atom. The second-order valence-corrected chi connectivity index (χ2v) is 5.14. The van der Waals surface area contributed by atoms with E-state index in [4.69, 9.17) is 9.47 Å². The summed E-state index contributed by atoms with van der Waals surface area (Å²) in [6.07, 6.45) is 0.819. The van der Waals surface area contributed by atoms with E-state index in [2.05, 4.69) is 4.90 Å². The van der Waals surface area contributed by atoms with Crippen LogP contribution in [0.1, 0.15) is 18.9 Å². The van der Waals surface area contributed by atoms with E-state index in [-0.39, 0.29) is 0 Å². The average molecular weight is 251 g/mol. The first-order valence-corrected chi connectivity index (χ1v) is 6.20. The molecular weight excluding hydrogens is 230 g/mol. The zero-order valence-electron chi connectivity index (χ0n) is 11.3. The standard InChI is InChI=1S/C14H21NO3/c1-14(16)6-7-15(10-14)9-11-8-12(17-2)4-5-13(11)18-3/h4-5,8,16H,6-7,9-10H2,1-3H3. The number of β-amino-alcohol motifs (C(OH)–C–C–N with tert-alkyl or cyclic N) is 1. The molecule has 2 rings (SSSR count). The molecule has 0 aromatic heterocycles. The van der Waals surface area contributed by atoms with E-state index in [9.17, 15) is 5.11 Å². The van der Waals surface area contributed by atoms with Gasteiger partial charge in [-0.15, -0.1) is 0 Å². The van der Waals surface area contributed by atoms with Crippen LogP contribution < -0.4 is 9.47 Å². The van der Waals surface area contributed by atoms with Crippen LogP contribution in [0, 0.1) is 0 Å². The predicted octanol–water partition coefficient (Wildman–Crippen LogP) is 1.66. The Kier molecular flexibility index (Phi) is 3.78. The largest absolute Gasteiger partial charge is 0.497 e. The van der Waals surface area contributed by atoms with Crippen LogP contribution in [-0.4, -0.2) is 42.9 Å². The molecule has 0 saturated carbocycles.